The minimum absolute atomic E-state index is 0.0160. The molecule has 0 radical (unpaired) electrons. The first-order valence-electron chi connectivity index (χ1n) is 7.53. The second kappa shape index (κ2) is 6.12. The van der Waals surface area contributed by atoms with Crippen LogP contribution in [0.1, 0.15) is 23.0 Å². The summed E-state index contributed by atoms with van der Waals surface area (Å²) in [6.45, 7) is 3.35. The second-order valence-electron chi connectivity index (χ2n) is 5.53. The number of nitro benzene ring substituents is 1. The summed E-state index contributed by atoms with van der Waals surface area (Å²) >= 11 is 0. The highest BCUT2D eigenvalue weighted by Gasteiger charge is 2.22. The first kappa shape index (κ1) is 15.7. The molecule has 0 aliphatic rings. The van der Waals surface area contributed by atoms with Gasteiger partial charge in [0.05, 0.1) is 16.2 Å². The number of nitrogens with zero attached hydrogens (tertiary/aromatic N) is 2. The van der Waals surface area contributed by atoms with E-state index in [1.807, 2.05) is 41.8 Å². The lowest BCUT2D eigenvalue weighted by atomic mass is 10.1. The summed E-state index contributed by atoms with van der Waals surface area (Å²) in [5, 5.41) is 11.4. The molecule has 0 N–H and O–H groups in total. The van der Waals surface area contributed by atoms with Crippen molar-refractivity contribution in [3.63, 3.8) is 0 Å². The molecule has 0 saturated carbocycles. The van der Waals surface area contributed by atoms with Crippen LogP contribution in [0.25, 0.3) is 16.9 Å². The van der Waals surface area contributed by atoms with Crippen molar-refractivity contribution < 1.29 is 9.72 Å². The molecule has 5 heteroatoms. The van der Waals surface area contributed by atoms with Crippen LogP contribution in [0.5, 0.6) is 0 Å². The molecule has 1 aromatic heterocycles. The number of nitro groups is 1. The third-order valence-corrected chi connectivity index (χ3v) is 4.02. The summed E-state index contributed by atoms with van der Waals surface area (Å²) in [6.07, 6.45) is 0. The maximum Gasteiger partial charge on any atom is 0.278 e. The normalized spacial score (nSPS) is 10.6. The van der Waals surface area contributed by atoms with E-state index in [2.05, 4.69) is 0 Å². The zero-order chi connectivity index (χ0) is 17.3. The van der Waals surface area contributed by atoms with Gasteiger partial charge in [-0.25, -0.2) is 0 Å². The fourth-order valence-corrected chi connectivity index (χ4v) is 2.92. The molecule has 0 atom stereocenters. The monoisotopic (exact) mass is 320 g/mol. The maximum absolute atomic E-state index is 12.0. The van der Waals surface area contributed by atoms with E-state index in [-0.39, 0.29) is 11.5 Å². The lowest BCUT2D eigenvalue weighted by Gasteiger charge is -2.12. The summed E-state index contributed by atoms with van der Waals surface area (Å²) in [4.78, 5) is 23.0. The van der Waals surface area contributed by atoms with Gasteiger partial charge in [0.1, 0.15) is 0 Å². The highest BCUT2D eigenvalue weighted by molar-refractivity contribution is 5.97. The fraction of sp³-hybridized carbons (Fsp3) is 0.105. The predicted octanol–water partition coefficient (Wildman–Crippen LogP) is 4.56. The summed E-state index contributed by atoms with van der Waals surface area (Å²) in [5.74, 6) is -0.0676. The number of ketones is 1. The van der Waals surface area contributed by atoms with E-state index >= 15 is 0 Å². The van der Waals surface area contributed by atoms with E-state index < -0.39 is 4.92 Å². The van der Waals surface area contributed by atoms with Crippen molar-refractivity contribution >= 4 is 11.5 Å². The van der Waals surface area contributed by atoms with Crippen LogP contribution in [0.4, 0.5) is 5.69 Å². The smallest absolute Gasteiger partial charge is 0.278 e. The summed E-state index contributed by atoms with van der Waals surface area (Å²) in [7, 11) is 0. The topological polar surface area (TPSA) is 65.1 Å². The number of Topliss-reactive ketones (excluding diaryl/α,β-unsaturated/α-hetero) is 1. The highest BCUT2D eigenvalue weighted by atomic mass is 16.6. The van der Waals surface area contributed by atoms with Crippen LogP contribution >= 0.6 is 0 Å². The zero-order valence-electron chi connectivity index (χ0n) is 13.4. The molecular formula is C19H16N2O3. The van der Waals surface area contributed by atoms with Crippen molar-refractivity contribution in [3.05, 3.63) is 82.0 Å². The Morgan fingerprint density at radius 2 is 1.67 bits per heavy atom. The summed E-state index contributed by atoms with van der Waals surface area (Å²) in [6, 6.07) is 17.8. The molecule has 1 heterocycles. The van der Waals surface area contributed by atoms with E-state index in [0.29, 0.717) is 16.8 Å². The van der Waals surface area contributed by atoms with E-state index in [0.717, 1.165) is 11.4 Å². The van der Waals surface area contributed by atoms with Crippen LogP contribution in [-0.2, 0) is 0 Å². The average Bonchev–Trinajstić information content (AvgIpc) is 2.93. The standard InChI is InChI=1S/C19H16N2O3/c1-13-17(14(2)22)12-19(20(13)15-8-4-3-5-9-15)16-10-6-7-11-18(16)21(23)24/h3-12H,1-2H3. The fourth-order valence-electron chi connectivity index (χ4n) is 2.92. The Balaban J connectivity index is 2.35. The third-order valence-electron chi connectivity index (χ3n) is 4.02. The van der Waals surface area contributed by atoms with Crippen LogP contribution < -0.4 is 0 Å². The first-order valence-corrected chi connectivity index (χ1v) is 7.53. The molecular weight excluding hydrogens is 304 g/mol. The van der Waals surface area contributed by atoms with Gasteiger partial charge in [-0.15, -0.1) is 0 Å². The minimum Gasteiger partial charge on any atom is -0.313 e. The Labute approximate surface area is 139 Å². The number of para-hydroxylation sites is 2. The van der Waals surface area contributed by atoms with Crippen LogP contribution in [0.2, 0.25) is 0 Å². The number of hydrogen-bond acceptors (Lipinski definition) is 3. The summed E-state index contributed by atoms with van der Waals surface area (Å²) < 4.78 is 1.89. The number of carbonyl (C=O) groups excluding carboxylic acids is 1. The Hall–Kier alpha value is -3.21. The Morgan fingerprint density at radius 1 is 1.04 bits per heavy atom. The molecule has 3 rings (SSSR count). The van der Waals surface area contributed by atoms with Gasteiger partial charge in [0.25, 0.3) is 5.69 Å². The Kier molecular flexibility index (Phi) is 4.00. The predicted molar refractivity (Wildman–Crippen MR) is 92.6 cm³/mol. The van der Waals surface area contributed by atoms with Crippen molar-refractivity contribution in [2.75, 3.05) is 0 Å². The largest absolute Gasteiger partial charge is 0.313 e. The van der Waals surface area contributed by atoms with Crippen molar-refractivity contribution in [1.29, 1.82) is 0 Å². The molecule has 0 aliphatic carbocycles. The molecule has 2 aromatic carbocycles. The number of rotatable bonds is 4. The van der Waals surface area contributed by atoms with Crippen LogP contribution in [-0.4, -0.2) is 15.3 Å². The molecule has 5 nitrogen and oxygen atoms in total. The number of carbonyl (C=O) groups is 1. The number of benzene rings is 2. The van der Waals surface area contributed by atoms with Gasteiger partial charge in [-0.1, -0.05) is 30.3 Å². The number of aromatic nitrogens is 1. The maximum atomic E-state index is 12.0. The molecule has 3 aromatic rings. The van der Waals surface area contributed by atoms with Gasteiger partial charge in [-0.3, -0.25) is 14.9 Å². The van der Waals surface area contributed by atoms with Gasteiger partial charge in [0.2, 0.25) is 0 Å². The molecule has 0 unspecified atom stereocenters. The second-order valence-corrected chi connectivity index (χ2v) is 5.53. The van der Waals surface area contributed by atoms with E-state index in [1.165, 1.54) is 13.0 Å². The van der Waals surface area contributed by atoms with Gasteiger partial charge in [0, 0.05) is 23.0 Å². The SMILES string of the molecule is CC(=O)c1cc(-c2ccccc2[N+](=O)[O-])n(-c2ccccc2)c1C. The van der Waals surface area contributed by atoms with Crippen molar-refractivity contribution in [2.24, 2.45) is 0 Å². The molecule has 24 heavy (non-hydrogen) atoms. The highest BCUT2D eigenvalue weighted by Crippen LogP contribution is 2.35. The van der Waals surface area contributed by atoms with E-state index in [4.69, 9.17) is 0 Å². The first-order chi connectivity index (χ1) is 11.5. The molecule has 0 amide bonds. The third kappa shape index (κ3) is 2.60. The molecule has 0 aliphatic heterocycles. The van der Waals surface area contributed by atoms with E-state index in [1.54, 1.807) is 24.3 Å². The van der Waals surface area contributed by atoms with Crippen LogP contribution in [0.3, 0.4) is 0 Å². The Morgan fingerprint density at radius 3 is 2.29 bits per heavy atom. The van der Waals surface area contributed by atoms with Gasteiger partial charge < -0.3 is 4.57 Å². The molecule has 0 fully saturated rings. The van der Waals surface area contributed by atoms with Crippen LogP contribution in [0.15, 0.2) is 60.7 Å². The van der Waals surface area contributed by atoms with Gasteiger partial charge in [0.15, 0.2) is 5.78 Å². The summed E-state index contributed by atoms with van der Waals surface area (Å²) in [5.41, 5.74) is 3.32. The average molecular weight is 320 g/mol. The van der Waals surface area contributed by atoms with Gasteiger partial charge in [-0.05, 0) is 38.1 Å². The van der Waals surface area contributed by atoms with Crippen molar-refractivity contribution in [1.82, 2.24) is 4.57 Å². The van der Waals surface area contributed by atoms with E-state index in [9.17, 15) is 14.9 Å². The molecule has 120 valence electrons. The molecule has 0 bridgehead atoms. The van der Waals surface area contributed by atoms with Crippen LogP contribution in [0, 0.1) is 17.0 Å². The van der Waals surface area contributed by atoms with Gasteiger partial charge in [-0.2, -0.15) is 0 Å². The van der Waals surface area contributed by atoms with Crippen molar-refractivity contribution in [2.45, 2.75) is 13.8 Å². The lowest BCUT2D eigenvalue weighted by molar-refractivity contribution is -0.384. The molecule has 0 saturated heterocycles. The molecule has 0 spiro atoms. The Bertz CT molecular complexity index is 927. The minimum atomic E-state index is -0.402. The lowest BCUT2D eigenvalue weighted by Crippen LogP contribution is -2.02. The van der Waals surface area contributed by atoms with Crippen molar-refractivity contribution in [3.8, 4) is 16.9 Å². The zero-order valence-corrected chi connectivity index (χ0v) is 13.4. The quantitative estimate of drug-likeness (QED) is 0.402. The van der Waals surface area contributed by atoms with Gasteiger partial charge >= 0.3 is 0 Å². The number of hydrogen-bond donors (Lipinski definition) is 0.